The molecular weight excluding hydrogens is 263 g/mol. The highest BCUT2D eigenvalue weighted by Crippen LogP contribution is 2.24. The van der Waals surface area contributed by atoms with Crippen LogP contribution in [0.25, 0.3) is 11.0 Å². The maximum Gasteiger partial charge on any atom is 0.156 e. The number of ether oxygens (including phenoxy) is 1. The Hall–Kier alpha value is -1.95. The number of aromatic carboxylic acids is 1. The van der Waals surface area contributed by atoms with E-state index in [1.54, 1.807) is 6.07 Å². The summed E-state index contributed by atoms with van der Waals surface area (Å²) < 4.78 is 20.7. The fourth-order valence-electron chi connectivity index (χ4n) is 2.66. The van der Waals surface area contributed by atoms with Gasteiger partial charge in [-0.05, 0) is 30.9 Å². The molecule has 0 spiro atoms. The van der Waals surface area contributed by atoms with Crippen molar-refractivity contribution < 1.29 is 19.0 Å². The van der Waals surface area contributed by atoms with E-state index in [4.69, 9.17) is 4.74 Å². The molecule has 1 aliphatic heterocycles. The first-order valence-electron chi connectivity index (χ1n) is 6.60. The van der Waals surface area contributed by atoms with Crippen LogP contribution in [-0.2, 0) is 11.3 Å². The third-order valence-corrected chi connectivity index (χ3v) is 3.68. The van der Waals surface area contributed by atoms with Gasteiger partial charge in [0.1, 0.15) is 17.3 Å². The number of rotatable bonds is 3. The van der Waals surface area contributed by atoms with E-state index in [1.165, 1.54) is 16.7 Å². The Kier molecular flexibility index (Phi) is 3.40. The molecule has 5 nitrogen and oxygen atoms in total. The van der Waals surface area contributed by atoms with Crippen LogP contribution in [0.4, 0.5) is 4.39 Å². The van der Waals surface area contributed by atoms with E-state index in [0.29, 0.717) is 25.3 Å². The molecule has 0 atom stereocenters. The van der Waals surface area contributed by atoms with Crippen LogP contribution in [-0.4, -0.2) is 28.7 Å². The van der Waals surface area contributed by atoms with Crippen molar-refractivity contribution in [1.29, 1.82) is 0 Å². The first-order valence-corrected chi connectivity index (χ1v) is 6.60. The molecule has 3 rings (SSSR count). The second-order valence-corrected chi connectivity index (χ2v) is 5.00. The Labute approximate surface area is 115 Å². The maximum absolute atomic E-state index is 14.0. The van der Waals surface area contributed by atoms with Crippen molar-refractivity contribution in [3.8, 4) is 0 Å². The minimum Gasteiger partial charge on any atom is -0.542 e. The molecule has 2 heterocycles. The summed E-state index contributed by atoms with van der Waals surface area (Å²) in [4.78, 5) is 15.2. The number of para-hydroxylation sites is 1. The first kappa shape index (κ1) is 13.1. The fraction of sp³-hybridized carbons (Fsp3) is 0.429. The van der Waals surface area contributed by atoms with E-state index in [1.807, 2.05) is 0 Å². The summed E-state index contributed by atoms with van der Waals surface area (Å²) in [7, 11) is 0. The van der Waals surface area contributed by atoms with Crippen LogP contribution in [0.1, 0.15) is 23.5 Å². The molecule has 1 aromatic heterocycles. The molecule has 2 aromatic rings. The second-order valence-electron chi connectivity index (χ2n) is 5.00. The normalized spacial score (nSPS) is 16.6. The second kappa shape index (κ2) is 5.20. The van der Waals surface area contributed by atoms with Crippen LogP contribution in [0.15, 0.2) is 18.2 Å². The SMILES string of the molecule is O=C([O-])c1nc2cccc(F)c2n1CC1CCOCC1. The molecule has 0 amide bonds. The predicted molar refractivity (Wildman–Crippen MR) is 67.6 cm³/mol. The van der Waals surface area contributed by atoms with Crippen molar-refractivity contribution in [2.75, 3.05) is 13.2 Å². The highest BCUT2D eigenvalue weighted by Gasteiger charge is 2.20. The van der Waals surface area contributed by atoms with E-state index >= 15 is 0 Å². The van der Waals surface area contributed by atoms with Gasteiger partial charge in [-0.1, -0.05) is 6.07 Å². The van der Waals surface area contributed by atoms with Crippen LogP contribution in [0.2, 0.25) is 0 Å². The smallest absolute Gasteiger partial charge is 0.156 e. The van der Waals surface area contributed by atoms with E-state index < -0.39 is 11.8 Å². The summed E-state index contributed by atoms with van der Waals surface area (Å²) >= 11 is 0. The minimum atomic E-state index is -1.38. The number of carbonyl (C=O) groups is 1. The van der Waals surface area contributed by atoms with Crippen LogP contribution in [0.3, 0.4) is 0 Å². The fourth-order valence-corrected chi connectivity index (χ4v) is 2.66. The van der Waals surface area contributed by atoms with Gasteiger partial charge in [-0.2, -0.15) is 0 Å². The van der Waals surface area contributed by atoms with Gasteiger partial charge >= 0.3 is 0 Å². The quantitative estimate of drug-likeness (QED) is 0.838. The van der Waals surface area contributed by atoms with Gasteiger partial charge in [0.25, 0.3) is 0 Å². The Morgan fingerprint density at radius 1 is 1.45 bits per heavy atom. The number of fused-ring (bicyclic) bond motifs is 1. The predicted octanol–water partition coefficient (Wildman–Crippen LogP) is 0.965. The van der Waals surface area contributed by atoms with E-state index in [-0.39, 0.29) is 17.3 Å². The number of hydrogen-bond acceptors (Lipinski definition) is 4. The largest absolute Gasteiger partial charge is 0.542 e. The zero-order valence-corrected chi connectivity index (χ0v) is 10.8. The highest BCUT2D eigenvalue weighted by atomic mass is 19.1. The van der Waals surface area contributed by atoms with Gasteiger partial charge in [0, 0.05) is 19.8 Å². The van der Waals surface area contributed by atoms with Crippen molar-refractivity contribution in [2.45, 2.75) is 19.4 Å². The Morgan fingerprint density at radius 2 is 2.20 bits per heavy atom. The number of nitrogens with zero attached hydrogens (tertiary/aromatic N) is 2. The third kappa shape index (κ3) is 2.27. The van der Waals surface area contributed by atoms with Gasteiger partial charge in [0.2, 0.25) is 0 Å². The van der Waals surface area contributed by atoms with Gasteiger partial charge in [0.05, 0.1) is 5.52 Å². The number of imidazole rings is 1. The van der Waals surface area contributed by atoms with Crippen LogP contribution in [0.5, 0.6) is 0 Å². The molecule has 1 saturated heterocycles. The molecule has 0 saturated carbocycles. The lowest BCUT2D eigenvalue weighted by atomic mass is 10.0. The van der Waals surface area contributed by atoms with Crippen molar-refractivity contribution >= 4 is 17.0 Å². The van der Waals surface area contributed by atoms with Crippen LogP contribution in [0, 0.1) is 11.7 Å². The molecule has 20 heavy (non-hydrogen) atoms. The average Bonchev–Trinajstić information content (AvgIpc) is 2.80. The lowest BCUT2D eigenvalue weighted by Crippen LogP contribution is -2.29. The van der Waals surface area contributed by atoms with Crippen molar-refractivity contribution in [3.63, 3.8) is 0 Å². The summed E-state index contributed by atoms with van der Waals surface area (Å²) in [6.45, 7) is 1.73. The Morgan fingerprint density at radius 3 is 2.90 bits per heavy atom. The van der Waals surface area contributed by atoms with E-state index in [0.717, 1.165) is 12.8 Å². The Balaban J connectivity index is 2.06. The van der Waals surface area contributed by atoms with Gasteiger partial charge in [-0.25, -0.2) is 9.37 Å². The van der Waals surface area contributed by atoms with Gasteiger partial charge < -0.3 is 19.2 Å². The van der Waals surface area contributed by atoms with Crippen LogP contribution >= 0.6 is 0 Å². The summed E-state index contributed by atoms with van der Waals surface area (Å²) in [6, 6.07) is 4.43. The number of aromatic nitrogens is 2. The summed E-state index contributed by atoms with van der Waals surface area (Å²) in [5.74, 6) is -1.79. The molecular formula is C14H14FN2O3-. The standard InChI is InChI=1S/C14H15FN2O3/c15-10-2-1-3-11-12(10)17(13(16-11)14(18)19)8-9-4-6-20-7-5-9/h1-3,9H,4-8H2,(H,18,19)/p-1. The monoisotopic (exact) mass is 277 g/mol. The van der Waals surface area contributed by atoms with Crippen molar-refractivity contribution in [1.82, 2.24) is 9.55 Å². The number of halogens is 1. The van der Waals surface area contributed by atoms with Crippen LogP contribution < -0.4 is 5.11 Å². The number of carbonyl (C=O) groups excluding carboxylic acids is 1. The highest BCUT2D eigenvalue weighted by molar-refractivity contribution is 5.88. The van der Waals surface area contributed by atoms with Gasteiger partial charge in [0.15, 0.2) is 5.82 Å². The summed E-state index contributed by atoms with van der Waals surface area (Å²) in [5, 5.41) is 11.2. The average molecular weight is 277 g/mol. The van der Waals surface area contributed by atoms with Gasteiger partial charge in [-0.3, -0.25) is 0 Å². The molecule has 1 aromatic carbocycles. The topological polar surface area (TPSA) is 67.2 Å². The molecule has 1 fully saturated rings. The number of carboxylic acids is 1. The molecule has 0 bridgehead atoms. The van der Waals surface area contributed by atoms with Crippen molar-refractivity contribution in [2.24, 2.45) is 5.92 Å². The molecule has 0 radical (unpaired) electrons. The zero-order chi connectivity index (χ0) is 14.1. The van der Waals surface area contributed by atoms with E-state index in [9.17, 15) is 14.3 Å². The van der Waals surface area contributed by atoms with Crippen molar-refractivity contribution in [3.05, 3.63) is 29.8 Å². The maximum atomic E-state index is 14.0. The minimum absolute atomic E-state index is 0.211. The summed E-state index contributed by atoms with van der Waals surface area (Å²) in [5.41, 5.74) is 0.578. The molecule has 0 N–H and O–H groups in total. The van der Waals surface area contributed by atoms with E-state index in [2.05, 4.69) is 4.98 Å². The van der Waals surface area contributed by atoms with Gasteiger partial charge in [-0.15, -0.1) is 0 Å². The first-order chi connectivity index (χ1) is 9.66. The zero-order valence-electron chi connectivity index (χ0n) is 10.8. The number of hydrogen-bond donors (Lipinski definition) is 0. The lowest BCUT2D eigenvalue weighted by molar-refractivity contribution is -0.256. The number of carboxylic acid groups (broad SMARTS) is 1. The Bertz CT molecular complexity index is 647. The summed E-state index contributed by atoms with van der Waals surface area (Å²) in [6.07, 6.45) is 1.67. The molecule has 0 unspecified atom stereocenters. The number of benzene rings is 1. The molecule has 106 valence electrons. The molecule has 6 heteroatoms. The molecule has 1 aliphatic rings. The lowest BCUT2D eigenvalue weighted by Gasteiger charge is -2.23. The molecule has 0 aliphatic carbocycles. The third-order valence-electron chi connectivity index (χ3n) is 3.68.